The van der Waals surface area contributed by atoms with Crippen LogP contribution in [0.1, 0.15) is 16.7 Å². The van der Waals surface area contributed by atoms with E-state index in [2.05, 4.69) is 4.99 Å². The SMILES string of the molecule is COc1cc2c(cc1OC)C1=NC(=O)[C@@H](Cc3ccccc3)N1C(SCc1ccccc1F)=N2. The van der Waals surface area contributed by atoms with Gasteiger partial charge in [0.1, 0.15) is 17.7 Å². The molecule has 0 radical (unpaired) electrons. The summed E-state index contributed by atoms with van der Waals surface area (Å²) in [4.78, 5) is 24.2. The Labute approximate surface area is 201 Å². The first-order chi connectivity index (χ1) is 16.6. The van der Waals surface area contributed by atoms with Crippen molar-refractivity contribution in [1.29, 1.82) is 0 Å². The second-order valence-corrected chi connectivity index (χ2v) is 8.79. The van der Waals surface area contributed by atoms with E-state index in [9.17, 15) is 9.18 Å². The van der Waals surface area contributed by atoms with Crippen LogP contribution in [-0.2, 0) is 17.0 Å². The summed E-state index contributed by atoms with van der Waals surface area (Å²) in [6.07, 6.45) is 0.481. The number of hydrogen-bond donors (Lipinski definition) is 0. The second kappa shape index (κ2) is 9.30. The fourth-order valence-electron chi connectivity index (χ4n) is 4.08. The van der Waals surface area contributed by atoms with Crippen LogP contribution in [0.15, 0.2) is 76.7 Å². The van der Waals surface area contributed by atoms with Crippen molar-refractivity contribution in [1.82, 2.24) is 4.90 Å². The minimum absolute atomic E-state index is 0.235. The highest BCUT2D eigenvalue weighted by Gasteiger charge is 2.42. The molecule has 6 nitrogen and oxygen atoms in total. The summed E-state index contributed by atoms with van der Waals surface area (Å²) in [5, 5.41) is 0.591. The highest BCUT2D eigenvalue weighted by atomic mass is 32.2. The van der Waals surface area contributed by atoms with Gasteiger partial charge in [0, 0.05) is 23.8 Å². The Hall–Kier alpha value is -3.65. The van der Waals surface area contributed by atoms with Gasteiger partial charge in [0.2, 0.25) is 0 Å². The van der Waals surface area contributed by atoms with E-state index in [-0.39, 0.29) is 11.7 Å². The number of ether oxygens (including phenoxy) is 2. The summed E-state index contributed by atoms with van der Waals surface area (Å²) in [5.74, 6) is 1.44. The van der Waals surface area contributed by atoms with Crippen molar-refractivity contribution in [3.05, 3.63) is 89.2 Å². The van der Waals surface area contributed by atoms with Gasteiger partial charge in [-0.3, -0.25) is 9.69 Å². The molecular formula is C26H22FN3O3S. The third-order valence-corrected chi connectivity index (χ3v) is 6.79. The molecule has 0 saturated carbocycles. The van der Waals surface area contributed by atoms with Crippen LogP contribution in [0, 0.1) is 5.82 Å². The lowest BCUT2D eigenvalue weighted by atomic mass is 10.0. The smallest absolute Gasteiger partial charge is 0.271 e. The van der Waals surface area contributed by atoms with E-state index in [1.54, 1.807) is 44.6 Å². The molecule has 0 bridgehead atoms. The van der Waals surface area contributed by atoms with Gasteiger partial charge in [-0.15, -0.1) is 0 Å². The van der Waals surface area contributed by atoms with E-state index < -0.39 is 6.04 Å². The van der Waals surface area contributed by atoms with Crippen LogP contribution >= 0.6 is 11.8 Å². The number of thioether (sulfide) groups is 1. The lowest BCUT2D eigenvalue weighted by molar-refractivity contribution is -0.119. The zero-order valence-electron chi connectivity index (χ0n) is 18.7. The number of methoxy groups -OCH3 is 2. The highest BCUT2D eigenvalue weighted by Crippen LogP contribution is 2.41. The molecule has 0 spiro atoms. The van der Waals surface area contributed by atoms with Gasteiger partial charge in [-0.1, -0.05) is 60.3 Å². The summed E-state index contributed by atoms with van der Waals surface area (Å²) in [5.41, 5.74) is 2.90. The van der Waals surface area contributed by atoms with Crippen LogP contribution in [0.2, 0.25) is 0 Å². The maximum atomic E-state index is 14.3. The summed E-state index contributed by atoms with van der Waals surface area (Å²) < 4.78 is 25.2. The molecule has 1 atom stereocenters. The third-order valence-electron chi connectivity index (χ3n) is 5.79. The van der Waals surface area contributed by atoms with Crippen LogP contribution in [0.25, 0.3) is 0 Å². The molecule has 0 unspecified atom stereocenters. The average Bonchev–Trinajstić information content (AvgIpc) is 3.19. The van der Waals surface area contributed by atoms with E-state index in [0.29, 0.717) is 51.5 Å². The molecule has 2 aliphatic heterocycles. The fourth-order valence-corrected chi connectivity index (χ4v) is 5.11. The average molecular weight is 476 g/mol. The van der Waals surface area contributed by atoms with E-state index in [1.165, 1.54) is 17.8 Å². The van der Waals surface area contributed by atoms with E-state index in [4.69, 9.17) is 14.5 Å². The summed E-state index contributed by atoms with van der Waals surface area (Å²) in [7, 11) is 3.12. The number of aliphatic imine (C=N–C) groups is 2. The van der Waals surface area contributed by atoms with E-state index >= 15 is 0 Å². The second-order valence-electron chi connectivity index (χ2n) is 7.85. The molecule has 0 N–H and O–H groups in total. The molecule has 1 amide bonds. The molecule has 34 heavy (non-hydrogen) atoms. The Balaban J connectivity index is 1.56. The number of rotatable bonds is 6. The third kappa shape index (κ3) is 4.05. The normalized spacial score (nSPS) is 16.5. The molecule has 2 aliphatic rings. The Morgan fingerprint density at radius 1 is 0.971 bits per heavy atom. The van der Waals surface area contributed by atoms with Gasteiger partial charge in [0.25, 0.3) is 5.91 Å². The van der Waals surface area contributed by atoms with Gasteiger partial charge in [0.15, 0.2) is 16.7 Å². The quantitative estimate of drug-likeness (QED) is 0.503. The van der Waals surface area contributed by atoms with Crippen molar-refractivity contribution in [3.63, 3.8) is 0 Å². The minimum Gasteiger partial charge on any atom is -0.493 e. The zero-order valence-corrected chi connectivity index (χ0v) is 19.5. The van der Waals surface area contributed by atoms with Gasteiger partial charge in [-0.25, -0.2) is 9.38 Å². The standard InChI is InChI=1S/C26H22FN3O3S/c1-32-22-13-18-20(14-23(22)33-2)28-26(34-15-17-10-6-7-11-19(17)27)30-21(25(31)29-24(18)30)12-16-8-4-3-5-9-16/h3-11,13-14,21H,12,15H2,1-2H3/t21-/m1/s1. The number of amidine groups is 2. The molecule has 5 rings (SSSR count). The van der Waals surface area contributed by atoms with Gasteiger partial charge >= 0.3 is 0 Å². The van der Waals surface area contributed by atoms with Crippen LogP contribution in [-0.4, -0.2) is 42.1 Å². The van der Waals surface area contributed by atoms with E-state index in [1.807, 2.05) is 35.2 Å². The van der Waals surface area contributed by atoms with Gasteiger partial charge in [-0.2, -0.15) is 4.99 Å². The van der Waals surface area contributed by atoms with Crippen molar-refractivity contribution < 1.29 is 18.7 Å². The fraction of sp³-hybridized carbons (Fsp3) is 0.192. The first-order valence-electron chi connectivity index (χ1n) is 10.8. The maximum Gasteiger partial charge on any atom is 0.271 e. The summed E-state index contributed by atoms with van der Waals surface area (Å²) in [6, 6.07) is 19.5. The summed E-state index contributed by atoms with van der Waals surface area (Å²) >= 11 is 1.38. The zero-order chi connectivity index (χ0) is 23.7. The number of fused-ring (bicyclic) bond motifs is 3. The van der Waals surface area contributed by atoms with Crippen molar-refractivity contribution in [2.75, 3.05) is 14.2 Å². The number of carbonyl (C=O) groups is 1. The van der Waals surface area contributed by atoms with Gasteiger partial charge < -0.3 is 9.47 Å². The number of hydrogen-bond acceptors (Lipinski definition) is 6. The van der Waals surface area contributed by atoms with Crippen LogP contribution in [0.3, 0.4) is 0 Å². The molecular weight excluding hydrogens is 453 g/mol. The Kier molecular flexibility index (Phi) is 6.06. The number of benzene rings is 3. The minimum atomic E-state index is -0.537. The molecule has 0 fully saturated rings. The van der Waals surface area contributed by atoms with Crippen molar-refractivity contribution >= 4 is 34.4 Å². The number of carbonyl (C=O) groups excluding carboxylic acids is 1. The maximum absolute atomic E-state index is 14.3. The van der Waals surface area contributed by atoms with Crippen LogP contribution in [0.5, 0.6) is 11.5 Å². The first kappa shape index (κ1) is 22.2. The topological polar surface area (TPSA) is 63.5 Å². The Bertz CT molecular complexity index is 1310. The Morgan fingerprint density at radius 2 is 1.68 bits per heavy atom. The predicted octanol–water partition coefficient (Wildman–Crippen LogP) is 4.98. The lowest BCUT2D eigenvalue weighted by Crippen LogP contribution is -2.44. The monoisotopic (exact) mass is 475 g/mol. The van der Waals surface area contributed by atoms with Gasteiger partial charge in [-0.05, 0) is 23.3 Å². The number of nitrogens with zero attached hydrogens (tertiary/aromatic N) is 3. The molecule has 0 aliphatic carbocycles. The number of amides is 1. The highest BCUT2D eigenvalue weighted by molar-refractivity contribution is 8.13. The van der Waals surface area contributed by atoms with Crippen LogP contribution in [0.4, 0.5) is 10.1 Å². The predicted molar refractivity (Wildman–Crippen MR) is 132 cm³/mol. The first-order valence-corrected chi connectivity index (χ1v) is 11.7. The molecule has 0 saturated heterocycles. The van der Waals surface area contributed by atoms with Gasteiger partial charge in [0.05, 0.1) is 19.9 Å². The molecule has 2 heterocycles. The van der Waals surface area contributed by atoms with E-state index in [0.717, 1.165) is 5.56 Å². The van der Waals surface area contributed by atoms with Crippen molar-refractivity contribution in [3.8, 4) is 11.5 Å². The van der Waals surface area contributed by atoms with Crippen molar-refractivity contribution in [2.45, 2.75) is 18.2 Å². The number of halogens is 1. The molecule has 8 heteroatoms. The molecule has 3 aromatic rings. The molecule has 0 aromatic heterocycles. The molecule has 172 valence electrons. The molecule has 3 aromatic carbocycles. The largest absolute Gasteiger partial charge is 0.493 e. The summed E-state index contributed by atoms with van der Waals surface area (Å²) in [6.45, 7) is 0. The lowest BCUT2D eigenvalue weighted by Gasteiger charge is -2.31. The van der Waals surface area contributed by atoms with Crippen molar-refractivity contribution in [2.24, 2.45) is 9.98 Å². The Morgan fingerprint density at radius 3 is 2.41 bits per heavy atom. The van der Waals surface area contributed by atoms with Crippen LogP contribution < -0.4 is 9.47 Å².